The summed E-state index contributed by atoms with van der Waals surface area (Å²) < 4.78 is 16.0. The van der Waals surface area contributed by atoms with E-state index in [1.165, 1.54) is 26.2 Å². The largest absolute Gasteiger partial charge is 0.493 e. The molecular formula is C23H31N3O5S. The molecule has 9 heteroatoms. The Bertz CT molecular complexity index is 870. The number of likely N-dealkylation sites (tertiary alicyclic amines) is 1. The van der Waals surface area contributed by atoms with Crippen molar-refractivity contribution in [2.24, 2.45) is 5.92 Å². The van der Waals surface area contributed by atoms with E-state index in [1.54, 1.807) is 23.5 Å². The van der Waals surface area contributed by atoms with E-state index in [9.17, 15) is 9.59 Å². The van der Waals surface area contributed by atoms with E-state index < -0.39 is 0 Å². The molecule has 1 aliphatic heterocycles. The highest BCUT2D eigenvalue weighted by atomic mass is 32.1. The zero-order valence-corrected chi connectivity index (χ0v) is 19.6. The van der Waals surface area contributed by atoms with Crippen LogP contribution in [0.3, 0.4) is 0 Å². The molecular weight excluding hydrogens is 430 g/mol. The van der Waals surface area contributed by atoms with Crippen LogP contribution in [-0.2, 0) is 16.0 Å². The Balaban J connectivity index is 1.44. The van der Waals surface area contributed by atoms with Crippen LogP contribution in [0.2, 0.25) is 0 Å². The second-order valence-electron chi connectivity index (χ2n) is 7.63. The standard InChI is InChI=1S/C23H31N3O5S/c1-29-19-13-17(14-20(30-2)22(19)31-3)25-21(27)15-26-10-7-16(8-11-26)23(28)24-9-6-18-5-4-12-32-18/h4-5,12-14,16H,6-11,15H2,1-3H3,(H,24,28)(H,25,27). The summed E-state index contributed by atoms with van der Waals surface area (Å²) in [6.45, 7) is 2.36. The van der Waals surface area contributed by atoms with Crippen LogP contribution in [0.4, 0.5) is 5.69 Å². The molecule has 1 saturated heterocycles. The van der Waals surface area contributed by atoms with Gasteiger partial charge in [0.25, 0.3) is 0 Å². The van der Waals surface area contributed by atoms with Gasteiger partial charge in [0.15, 0.2) is 11.5 Å². The molecule has 2 aromatic rings. The molecule has 2 amide bonds. The van der Waals surface area contributed by atoms with Crippen molar-refractivity contribution in [3.05, 3.63) is 34.5 Å². The molecule has 1 fully saturated rings. The number of carbonyl (C=O) groups excluding carboxylic acids is 2. The van der Waals surface area contributed by atoms with Crippen molar-refractivity contribution in [1.82, 2.24) is 10.2 Å². The fourth-order valence-corrected chi connectivity index (χ4v) is 4.53. The van der Waals surface area contributed by atoms with E-state index >= 15 is 0 Å². The van der Waals surface area contributed by atoms with Gasteiger partial charge in [0.1, 0.15) is 0 Å². The lowest BCUT2D eigenvalue weighted by molar-refractivity contribution is -0.126. The Hall–Kier alpha value is -2.78. The Kier molecular flexibility index (Phi) is 8.75. The number of hydrogen-bond acceptors (Lipinski definition) is 7. The molecule has 174 valence electrons. The van der Waals surface area contributed by atoms with Crippen LogP contribution in [0, 0.1) is 5.92 Å². The number of nitrogens with zero attached hydrogens (tertiary/aromatic N) is 1. The molecule has 0 radical (unpaired) electrons. The topological polar surface area (TPSA) is 89.1 Å². The maximum absolute atomic E-state index is 12.6. The summed E-state index contributed by atoms with van der Waals surface area (Å²) >= 11 is 1.71. The first-order valence-corrected chi connectivity index (χ1v) is 11.5. The zero-order chi connectivity index (χ0) is 22.9. The minimum absolute atomic E-state index is 0.00718. The molecule has 1 aliphatic rings. The molecule has 1 aromatic heterocycles. The second-order valence-corrected chi connectivity index (χ2v) is 8.67. The predicted octanol–water partition coefficient (Wildman–Crippen LogP) is 2.78. The number of carbonyl (C=O) groups is 2. The quantitative estimate of drug-likeness (QED) is 0.566. The van der Waals surface area contributed by atoms with E-state index in [2.05, 4.69) is 21.6 Å². The maximum atomic E-state index is 12.6. The molecule has 0 saturated carbocycles. The van der Waals surface area contributed by atoms with Gasteiger partial charge in [0, 0.05) is 35.2 Å². The van der Waals surface area contributed by atoms with Gasteiger partial charge in [-0.2, -0.15) is 0 Å². The van der Waals surface area contributed by atoms with Gasteiger partial charge in [-0.25, -0.2) is 0 Å². The highest BCUT2D eigenvalue weighted by Gasteiger charge is 2.26. The van der Waals surface area contributed by atoms with Crippen LogP contribution in [0.5, 0.6) is 17.2 Å². The van der Waals surface area contributed by atoms with E-state index in [0.29, 0.717) is 42.6 Å². The summed E-state index contributed by atoms with van der Waals surface area (Å²) in [7, 11) is 4.60. The molecule has 2 N–H and O–H groups in total. The Labute approximate surface area is 192 Å². The Morgan fingerprint density at radius 3 is 2.34 bits per heavy atom. The molecule has 32 heavy (non-hydrogen) atoms. The molecule has 2 heterocycles. The van der Waals surface area contributed by atoms with Crippen LogP contribution in [0.25, 0.3) is 0 Å². The Morgan fingerprint density at radius 2 is 1.78 bits per heavy atom. The number of nitrogens with one attached hydrogen (secondary N) is 2. The number of rotatable bonds is 10. The highest BCUT2D eigenvalue weighted by molar-refractivity contribution is 7.09. The minimum Gasteiger partial charge on any atom is -0.493 e. The van der Waals surface area contributed by atoms with Crippen LogP contribution in [0.15, 0.2) is 29.6 Å². The number of piperidine rings is 1. The maximum Gasteiger partial charge on any atom is 0.238 e. The van der Waals surface area contributed by atoms with E-state index in [-0.39, 0.29) is 24.3 Å². The van der Waals surface area contributed by atoms with Gasteiger partial charge in [-0.3, -0.25) is 14.5 Å². The minimum atomic E-state index is -0.127. The second kappa shape index (κ2) is 11.7. The summed E-state index contributed by atoms with van der Waals surface area (Å²) in [6, 6.07) is 7.51. The number of thiophene rings is 1. The number of amides is 2. The SMILES string of the molecule is COc1cc(NC(=O)CN2CCC(C(=O)NCCc3cccs3)CC2)cc(OC)c1OC. The third-order valence-corrected chi connectivity index (χ3v) is 6.46. The fraction of sp³-hybridized carbons (Fsp3) is 0.478. The molecule has 8 nitrogen and oxygen atoms in total. The normalized spacial score (nSPS) is 14.6. The molecule has 3 rings (SSSR count). The van der Waals surface area contributed by atoms with E-state index in [4.69, 9.17) is 14.2 Å². The van der Waals surface area contributed by atoms with Crippen molar-refractivity contribution in [3.63, 3.8) is 0 Å². The summed E-state index contributed by atoms with van der Waals surface area (Å²) in [5.74, 6) is 1.43. The van der Waals surface area contributed by atoms with Gasteiger partial charge in [-0.1, -0.05) is 6.07 Å². The predicted molar refractivity (Wildman–Crippen MR) is 125 cm³/mol. The van der Waals surface area contributed by atoms with E-state index in [1.807, 2.05) is 11.4 Å². The molecule has 1 aromatic carbocycles. The van der Waals surface area contributed by atoms with Crippen LogP contribution >= 0.6 is 11.3 Å². The zero-order valence-electron chi connectivity index (χ0n) is 18.8. The average Bonchev–Trinajstić information content (AvgIpc) is 3.32. The lowest BCUT2D eigenvalue weighted by Gasteiger charge is -2.30. The van der Waals surface area contributed by atoms with E-state index in [0.717, 1.165) is 19.3 Å². The lowest BCUT2D eigenvalue weighted by atomic mass is 9.96. The molecule has 0 atom stereocenters. The number of benzene rings is 1. The number of hydrogen-bond donors (Lipinski definition) is 2. The van der Waals surface area contributed by atoms with Gasteiger partial charge < -0.3 is 24.8 Å². The van der Waals surface area contributed by atoms with Gasteiger partial charge in [0.2, 0.25) is 17.6 Å². The van der Waals surface area contributed by atoms with Crippen molar-refractivity contribution in [1.29, 1.82) is 0 Å². The first kappa shape index (κ1) is 23.9. The van der Waals surface area contributed by atoms with Crippen molar-refractivity contribution in [3.8, 4) is 17.2 Å². The highest BCUT2D eigenvalue weighted by Crippen LogP contribution is 2.39. The monoisotopic (exact) mass is 461 g/mol. The first-order valence-electron chi connectivity index (χ1n) is 10.7. The molecule has 0 bridgehead atoms. The summed E-state index contributed by atoms with van der Waals surface area (Å²) in [6.07, 6.45) is 2.37. The van der Waals surface area contributed by atoms with Crippen molar-refractivity contribution >= 4 is 28.8 Å². The van der Waals surface area contributed by atoms with Crippen molar-refractivity contribution < 1.29 is 23.8 Å². The molecule has 0 spiro atoms. The summed E-state index contributed by atoms with van der Waals surface area (Å²) in [4.78, 5) is 28.3. The molecule has 0 unspecified atom stereocenters. The molecule has 0 aliphatic carbocycles. The van der Waals surface area contributed by atoms with Gasteiger partial charge in [0.05, 0.1) is 27.9 Å². The summed E-state index contributed by atoms with van der Waals surface area (Å²) in [5.41, 5.74) is 0.574. The first-order chi connectivity index (χ1) is 15.5. The van der Waals surface area contributed by atoms with Crippen molar-refractivity contribution in [2.45, 2.75) is 19.3 Å². The third kappa shape index (κ3) is 6.37. The number of ether oxygens (including phenoxy) is 3. The Morgan fingerprint density at radius 1 is 1.09 bits per heavy atom. The summed E-state index contributed by atoms with van der Waals surface area (Å²) in [5, 5.41) is 7.98. The number of anilines is 1. The number of methoxy groups -OCH3 is 3. The lowest BCUT2D eigenvalue weighted by Crippen LogP contribution is -2.43. The smallest absolute Gasteiger partial charge is 0.238 e. The van der Waals surface area contributed by atoms with Crippen molar-refractivity contribution in [2.75, 3.05) is 52.8 Å². The van der Waals surface area contributed by atoms with Crippen LogP contribution in [-0.4, -0.2) is 64.2 Å². The van der Waals surface area contributed by atoms with Crippen LogP contribution < -0.4 is 24.8 Å². The average molecular weight is 462 g/mol. The fourth-order valence-electron chi connectivity index (χ4n) is 3.82. The third-order valence-electron chi connectivity index (χ3n) is 5.52. The van der Waals surface area contributed by atoms with Crippen LogP contribution in [0.1, 0.15) is 17.7 Å². The van der Waals surface area contributed by atoms with Gasteiger partial charge in [-0.15, -0.1) is 11.3 Å². The van der Waals surface area contributed by atoms with Gasteiger partial charge in [-0.05, 0) is 43.8 Å². The van der Waals surface area contributed by atoms with Gasteiger partial charge >= 0.3 is 0 Å².